The maximum absolute atomic E-state index is 9.86. The molecule has 0 saturated carbocycles. The first kappa shape index (κ1) is 12.7. The van der Waals surface area contributed by atoms with Crippen LogP contribution in [-0.4, -0.2) is 11.1 Å². The second-order valence-electron chi connectivity index (χ2n) is 5.29. The zero-order chi connectivity index (χ0) is 13.2. The van der Waals surface area contributed by atoms with Crippen molar-refractivity contribution in [2.24, 2.45) is 0 Å². The Balaban J connectivity index is 1.68. The van der Waals surface area contributed by atoms with E-state index in [1.807, 2.05) is 17.4 Å². The smallest absolute Gasteiger partial charge is 0.119 e. The van der Waals surface area contributed by atoms with Crippen molar-refractivity contribution in [1.29, 1.82) is 0 Å². The topological polar surface area (TPSA) is 32.3 Å². The number of phenolic OH excluding ortho intramolecular Hbond substituents is 1. The van der Waals surface area contributed by atoms with Crippen LogP contribution >= 0.6 is 11.3 Å². The average Bonchev–Trinajstić information content (AvgIpc) is 3.01. The van der Waals surface area contributed by atoms with Crippen LogP contribution in [0.1, 0.15) is 35.4 Å². The molecule has 19 heavy (non-hydrogen) atoms. The van der Waals surface area contributed by atoms with Gasteiger partial charge in [0.05, 0.1) is 0 Å². The van der Waals surface area contributed by atoms with Gasteiger partial charge in [-0.3, -0.25) is 0 Å². The summed E-state index contributed by atoms with van der Waals surface area (Å²) in [4.78, 5) is 1.43. The van der Waals surface area contributed by atoms with Crippen molar-refractivity contribution in [2.75, 3.05) is 0 Å². The SMILES string of the molecule is CC(Cc1cccs1)NC1CCc2c(O)cccc21. The predicted octanol–water partition coefficient (Wildman–Crippen LogP) is 3.66. The minimum atomic E-state index is 0.386. The van der Waals surface area contributed by atoms with Gasteiger partial charge in [0.25, 0.3) is 0 Å². The van der Waals surface area contributed by atoms with E-state index in [0.29, 0.717) is 17.8 Å². The summed E-state index contributed by atoms with van der Waals surface area (Å²) in [5, 5.41) is 15.7. The fourth-order valence-electron chi connectivity index (χ4n) is 2.94. The molecule has 0 radical (unpaired) electrons. The van der Waals surface area contributed by atoms with E-state index in [0.717, 1.165) is 24.8 Å². The van der Waals surface area contributed by atoms with Gasteiger partial charge in [-0.2, -0.15) is 0 Å². The van der Waals surface area contributed by atoms with Crippen LogP contribution in [0.4, 0.5) is 0 Å². The highest BCUT2D eigenvalue weighted by atomic mass is 32.1. The number of aromatic hydroxyl groups is 1. The van der Waals surface area contributed by atoms with E-state index >= 15 is 0 Å². The maximum atomic E-state index is 9.86. The Morgan fingerprint density at radius 2 is 2.26 bits per heavy atom. The molecule has 0 aliphatic heterocycles. The van der Waals surface area contributed by atoms with Crippen LogP contribution < -0.4 is 5.32 Å². The lowest BCUT2D eigenvalue weighted by molar-refractivity contribution is 0.453. The molecule has 100 valence electrons. The molecule has 1 aromatic heterocycles. The van der Waals surface area contributed by atoms with Crippen LogP contribution in [0.15, 0.2) is 35.7 Å². The van der Waals surface area contributed by atoms with Crippen molar-refractivity contribution in [1.82, 2.24) is 5.32 Å². The molecule has 2 unspecified atom stereocenters. The van der Waals surface area contributed by atoms with Gasteiger partial charge in [0.2, 0.25) is 0 Å². The fraction of sp³-hybridized carbons (Fsp3) is 0.375. The second-order valence-corrected chi connectivity index (χ2v) is 6.32. The van der Waals surface area contributed by atoms with Crippen LogP contribution in [0.5, 0.6) is 5.75 Å². The van der Waals surface area contributed by atoms with Crippen LogP contribution in [-0.2, 0) is 12.8 Å². The second kappa shape index (κ2) is 5.35. The van der Waals surface area contributed by atoms with Crippen molar-refractivity contribution in [3.05, 3.63) is 51.7 Å². The number of benzene rings is 1. The van der Waals surface area contributed by atoms with E-state index in [1.165, 1.54) is 10.4 Å². The van der Waals surface area contributed by atoms with E-state index in [1.54, 1.807) is 6.07 Å². The van der Waals surface area contributed by atoms with Crippen LogP contribution in [0, 0.1) is 0 Å². The predicted molar refractivity (Wildman–Crippen MR) is 79.8 cm³/mol. The Bertz CT molecular complexity index is 550. The van der Waals surface area contributed by atoms with Gasteiger partial charge < -0.3 is 10.4 Å². The zero-order valence-corrected chi connectivity index (χ0v) is 11.9. The van der Waals surface area contributed by atoms with Crippen molar-refractivity contribution in [2.45, 2.75) is 38.3 Å². The van der Waals surface area contributed by atoms with Crippen LogP contribution in [0.2, 0.25) is 0 Å². The first-order valence-corrected chi connectivity index (χ1v) is 7.71. The normalized spacial score (nSPS) is 19.3. The van der Waals surface area contributed by atoms with Gasteiger partial charge in [-0.15, -0.1) is 11.3 Å². The van der Waals surface area contributed by atoms with E-state index < -0.39 is 0 Å². The number of fused-ring (bicyclic) bond motifs is 1. The van der Waals surface area contributed by atoms with E-state index in [-0.39, 0.29) is 0 Å². The number of thiophene rings is 1. The Hall–Kier alpha value is -1.32. The Morgan fingerprint density at radius 3 is 3.05 bits per heavy atom. The van der Waals surface area contributed by atoms with Gasteiger partial charge in [-0.1, -0.05) is 18.2 Å². The number of hydrogen-bond donors (Lipinski definition) is 2. The Morgan fingerprint density at radius 1 is 1.37 bits per heavy atom. The highest BCUT2D eigenvalue weighted by Crippen LogP contribution is 2.36. The lowest BCUT2D eigenvalue weighted by atomic mass is 10.1. The summed E-state index contributed by atoms with van der Waals surface area (Å²) in [6.07, 6.45) is 3.13. The molecule has 0 amide bonds. The van der Waals surface area contributed by atoms with E-state index in [4.69, 9.17) is 0 Å². The molecule has 1 aliphatic carbocycles. The van der Waals surface area contributed by atoms with Crippen molar-refractivity contribution in [3.63, 3.8) is 0 Å². The van der Waals surface area contributed by atoms with Gasteiger partial charge in [-0.05, 0) is 54.8 Å². The van der Waals surface area contributed by atoms with Gasteiger partial charge in [0, 0.05) is 17.0 Å². The minimum Gasteiger partial charge on any atom is -0.508 e. The quantitative estimate of drug-likeness (QED) is 0.891. The first-order valence-electron chi connectivity index (χ1n) is 6.83. The van der Waals surface area contributed by atoms with Crippen molar-refractivity contribution < 1.29 is 5.11 Å². The van der Waals surface area contributed by atoms with Crippen molar-refractivity contribution in [3.8, 4) is 5.75 Å². The molecule has 2 atom stereocenters. The molecule has 0 fully saturated rings. The average molecular weight is 273 g/mol. The van der Waals surface area contributed by atoms with Gasteiger partial charge >= 0.3 is 0 Å². The summed E-state index contributed by atoms with van der Waals surface area (Å²) in [5.74, 6) is 0.452. The monoisotopic (exact) mass is 273 g/mol. The molecular formula is C16H19NOS. The number of phenols is 1. The maximum Gasteiger partial charge on any atom is 0.119 e. The largest absolute Gasteiger partial charge is 0.508 e. The summed E-state index contributed by atoms with van der Waals surface area (Å²) >= 11 is 1.82. The summed E-state index contributed by atoms with van der Waals surface area (Å²) in [6.45, 7) is 2.24. The van der Waals surface area contributed by atoms with Crippen LogP contribution in [0.3, 0.4) is 0 Å². The van der Waals surface area contributed by atoms with Crippen molar-refractivity contribution >= 4 is 11.3 Å². The zero-order valence-electron chi connectivity index (χ0n) is 11.1. The molecule has 1 aromatic carbocycles. The molecule has 2 aromatic rings. The molecule has 1 aliphatic rings. The molecule has 2 nitrogen and oxygen atoms in total. The highest BCUT2D eigenvalue weighted by molar-refractivity contribution is 7.09. The summed E-state index contributed by atoms with van der Waals surface area (Å²) in [7, 11) is 0. The number of nitrogens with one attached hydrogen (secondary N) is 1. The fourth-order valence-corrected chi connectivity index (χ4v) is 3.78. The molecular weight excluding hydrogens is 254 g/mol. The van der Waals surface area contributed by atoms with Gasteiger partial charge in [0.1, 0.15) is 5.75 Å². The molecule has 1 heterocycles. The van der Waals surface area contributed by atoms with Gasteiger partial charge in [0.15, 0.2) is 0 Å². The molecule has 2 N–H and O–H groups in total. The lowest BCUT2D eigenvalue weighted by Gasteiger charge is -2.20. The van der Waals surface area contributed by atoms with E-state index in [9.17, 15) is 5.11 Å². The van der Waals surface area contributed by atoms with Crippen LogP contribution in [0.25, 0.3) is 0 Å². The standard InChI is InChI=1S/C16H19NOS/c1-11(10-12-4-3-9-19-12)17-15-8-7-14-13(15)5-2-6-16(14)18/h2-6,9,11,15,17-18H,7-8,10H2,1H3. The molecule has 0 bridgehead atoms. The van der Waals surface area contributed by atoms with Gasteiger partial charge in [-0.25, -0.2) is 0 Å². The molecule has 3 rings (SSSR count). The number of rotatable bonds is 4. The lowest BCUT2D eigenvalue weighted by Crippen LogP contribution is -2.30. The summed E-state index contributed by atoms with van der Waals surface area (Å²) < 4.78 is 0. The Kier molecular flexibility index (Phi) is 3.58. The first-order chi connectivity index (χ1) is 9.24. The van der Waals surface area contributed by atoms with E-state index in [2.05, 4.69) is 35.8 Å². The molecule has 0 saturated heterocycles. The Labute approximate surface area is 118 Å². The third-order valence-corrected chi connectivity index (χ3v) is 4.72. The number of hydrogen-bond acceptors (Lipinski definition) is 3. The third kappa shape index (κ3) is 2.67. The molecule has 3 heteroatoms. The summed E-state index contributed by atoms with van der Waals surface area (Å²) in [5.41, 5.74) is 2.40. The molecule has 0 spiro atoms. The highest BCUT2D eigenvalue weighted by Gasteiger charge is 2.25. The minimum absolute atomic E-state index is 0.386. The third-order valence-electron chi connectivity index (χ3n) is 3.82. The summed E-state index contributed by atoms with van der Waals surface area (Å²) in [6, 6.07) is 11.0.